The van der Waals surface area contributed by atoms with Crippen molar-refractivity contribution in [1.29, 1.82) is 0 Å². The Kier molecular flexibility index (Phi) is 3.66. The first-order chi connectivity index (χ1) is 9.08. The molecule has 1 heterocycles. The average molecular weight is 258 g/mol. The number of aromatic nitrogens is 1. The Hall–Kier alpha value is -2.56. The van der Waals surface area contributed by atoms with E-state index in [1.807, 2.05) is 0 Å². The van der Waals surface area contributed by atoms with Crippen molar-refractivity contribution in [2.75, 3.05) is 5.32 Å². The van der Waals surface area contributed by atoms with Crippen LogP contribution < -0.4 is 10.9 Å². The first-order valence-corrected chi connectivity index (χ1v) is 5.82. The highest BCUT2D eigenvalue weighted by atomic mass is 16.3. The van der Waals surface area contributed by atoms with E-state index in [2.05, 4.69) is 5.32 Å². The van der Waals surface area contributed by atoms with Gasteiger partial charge in [-0.15, -0.1) is 0 Å². The molecule has 0 aliphatic rings. The molecule has 0 aliphatic heterocycles. The molecule has 5 heteroatoms. The van der Waals surface area contributed by atoms with E-state index in [0.29, 0.717) is 11.3 Å². The second kappa shape index (κ2) is 5.39. The van der Waals surface area contributed by atoms with Gasteiger partial charge >= 0.3 is 0 Å². The predicted octanol–water partition coefficient (Wildman–Crippen LogP) is 1.50. The number of nitrogens with one attached hydrogen (secondary N) is 1. The molecule has 0 saturated carbocycles. The summed E-state index contributed by atoms with van der Waals surface area (Å²) < 4.78 is 1.32. The zero-order valence-corrected chi connectivity index (χ0v) is 10.5. The Labute approximate surface area is 110 Å². The van der Waals surface area contributed by atoms with Crippen LogP contribution in [0.5, 0.6) is 5.75 Å². The summed E-state index contributed by atoms with van der Waals surface area (Å²) in [6.07, 6.45) is 1.56. The molecule has 0 radical (unpaired) electrons. The second-order valence-electron chi connectivity index (χ2n) is 4.19. The van der Waals surface area contributed by atoms with Crippen molar-refractivity contribution in [3.8, 4) is 5.75 Å². The molecule has 0 fully saturated rings. The monoisotopic (exact) mass is 258 g/mol. The lowest BCUT2D eigenvalue weighted by Gasteiger charge is -2.09. The van der Waals surface area contributed by atoms with Gasteiger partial charge in [0.1, 0.15) is 12.3 Å². The summed E-state index contributed by atoms with van der Waals surface area (Å²) in [6, 6.07) is 9.84. The van der Waals surface area contributed by atoms with Gasteiger partial charge in [0, 0.05) is 11.8 Å². The fourth-order valence-electron chi connectivity index (χ4n) is 1.71. The van der Waals surface area contributed by atoms with Gasteiger partial charge in [-0.1, -0.05) is 18.2 Å². The van der Waals surface area contributed by atoms with Crippen LogP contribution in [0.2, 0.25) is 0 Å². The summed E-state index contributed by atoms with van der Waals surface area (Å²) >= 11 is 0. The Morgan fingerprint density at radius 2 is 2.00 bits per heavy atom. The lowest BCUT2D eigenvalue weighted by Crippen LogP contribution is -2.28. The van der Waals surface area contributed by atoms with E-state index in [0.717, 1.165) is 0 Å². The lowest BCUT2D eigenvalue weighted by molar-refractivity contribution is -0.116. The number of pyridine rings is 1. The minimum Gasteiger partial charge on any atom is -0.506 e. The highest BCUT2D eigenvalue weighted by Crippen LogP contribution is 2.21. The molecule has 2 N–H and O–H groups in total. The third-order valence-electron chi connectivity index (χ3n) is 2.70. The maximum atomic E-state index is 11.8. The number of rotatable bonds is 3. The standard InChI is InChI=1S/C14H14N2O3/c1-10-5-4-8-16(14(10)19)9-13(18)15-11-6-2-3-7-12(11)17/h2-8,17H,9H2,1H3,(H,15,18). The number of aromatic hydroxyl groups is 1. The molecule has 1 amide bonds. The predicted molar refractivity (Wildman–Crippen MR) is 72.2 cm³/mol. The Balaban J connectivity index is 2.12. The second-order valence-corrected chi connectivity index (χ2v) is 4.19. The van der Waals surface area contributed by atoms with Crippen molar-refractivity contribution in [1.82, 2.24) is 4.57 Å². The fourth-order valence-corrected chi connectivity index (χ4v) is 1.71. The largest absolute Gasteiger partial charge is 0.506 e. The van der Waals surface area contributed by atoms with Gasteiger partial charge in [-0.25, -0.2) is 0 Å². The number of nitrogens with zero attached hydrogens (tertiary/aromatic N) is 1. The normalized spacial score (nSPS) is 10.2. The molecule has 0 aliphatic carbocycles. The number of carbonyl (C=O) groups excluding carboxylic acids is 1. The molecule has 0 saturated heterocycles. The maximum absolute atomic E-state index is 11.8. The van der Waals surface area contributed by atoms with E-state index in [1.54, 1.807) is 43.5 Å². The molecule has 1 aromatic carbocycles. The minimum atomic E-state index is -0.366. The van der Waals surface area contributed by atoms with E-state index in [9.17, 15) is 14.7 Å². The van der Waals surface area contributed by atoms with Crippen LogP contribution in [0.3, 0.4) is 0 Å². The molecule has 1 aromatic heterocycles. The van der Waals surface area contributed by atoms with E-state index < -0.39 is 0 Å². The Bertz CT molecular complexity index is 662. The first kappa shape index (κ1) is 12.9. The van der Waals surface area contributed by atoms with Gasteiger partial charge in [0.25, 0.3) is 5.56 Å². The van der Waals surface area contributed by atoms with Crippen LogP contribution in [0.1, 0.15) is 5.56 Å². The number of hydrogen-bond donors (Lipinski definition) is 2. The van der Waals surface area contributed by atoms with Gasteiger partial charge in [-0.3, -0.25) is 9.59 Å². The number of benzene rings is 1. The minimum absolute atomic E-state index is 0.00700. The van der Waals surface area contributed by atoms with Crippen molar-refractivity contribution in [3.63, 3.8) is 0 Å². The zero-order chi connectivity index (χ0) is 13.8. The summed E-state index contributed by atoms with van der Waals surface area (Å²) in [7, 11) is 0. The Morgan fingerprint density at radius 1 is 1.26 bits per heavy atom. The van der Waals surface area contributed by atoms with Gasteiger partial charge in [0.05, 0.1) is 5.69 Å². The summed E-state index contributed by atoms with van der Waals surface area (Å²) in [5, 5.41) is 12.1. The lowest BCUT2D eigenvalue weighted by atomic mass is 10.3. The maximum Gasteiger partial charge on any atom is 0.253 e. The van der Waals surface area contributed by atoms with Crippen molar-refractivity contribution in [2.24, 2.45) is 0 Å². The number of aryl methyl sites for hydroxylation is 1. The highest BCUT2D eigenvalue weighted by Gasteiger charge is 2.08. The van der Waals surface area contributed by atoms with Crippen LogP contribution in [0.15, 0.2) is 47.4 Å². The molecule has 98 valence electrons. The Morgan fingerprint density at radius 3 is 2.74 bits per heavy atom. The van der Waals surface area contributed by atoms with Gasteiger partial charge in [0.15, 0.2) is 0 Å². The molecule has 2 rings (SSSR count). The van der Waals surface area contributed by atoms with E-state index in [1.165, 1.54) is 10.6 Å². The summed E-state index contributed by atoms with van der Waals surface area (Å²) in [4.78, 5) is 23.6. The molecule has 0 unspecified atom stereocenters. The van der Waals surface area contributed by atoms with E-state index >= 15 is 0 Å². The quantitative estimate of drug-likeness (QED) is 0.819. The van der Waals surface area contributed by atoms with Crippen molar-refractivity contribution >= 4 is 11.6 Å². The SMILES string of the molecule is Cc1cccn(CC(=O)Nc2ccccc2O)c1=O. The number of hydrogen-bond acceptors (Lipinski definition) is 3. The molecular weight excluding hydrogens is 244 g/mol. The summed E-state index contributed by atoms with van der Waals surface area (Å²) in [5.74, 6) is -0.373. The molecular formula is C14H14N2O3. The summed E-state index contributed by atoms with van der Waals surface area (Å²) in [6.45, 7) is 1.61. The van der Waals surface area contributed by atoms with Crippen LogP contribution in [0, 0.1) is 6.92 Å². The van der Waals surface area contributed by atoms with Crippen LogP contribution in [0.4, 0.5) is 5.69 Å². The molecule has 0 atom stereocenters. The topological polar surface area (TPSA) is 71.3 Å². The fraction of sp³-hybridized carbons (Fsp3) is 0.143. The number of phenols is 1. The molecule has 0 bridgehead atoms. The zero-order valence-electron chi connectivity index (χ0n) is 10.5. The van der Waals surface area contributed by atoms with Gasteiger partial charge in [-0.05, 0) is 25.1 Å². The van der Waals surface area contributed by atoms with Crippen molar-refractivity contribution in [2.45, 2.75) is 13.5 Å². The van der Waals surface area contributed by atoms with Crippen LogP contribution >= 0.6 is 0 Å². The smallest absolute Gasteiger partial charge is 0.253 e. The third kappa shape index (κ3) is 3.01. The number of amides is 1. The van der Waals surface area contributed by atoms with E-state index in [-0.39, 0.29) is 23.8 Å². The molecule has 19 heavy (non-hydrogen) atoms. The van der Waals surface area contributed by atoms with Crippen molar-refractivity contribution < 1.29 is 9.90 Å². The number of para-hydroxylation sites is 2. The number of anilines is 1. The van der Waals surface area contributed by atoms with Crippen LogP contribution in [-0.4, -0.2) is 15.6 Å². The average Bonchev–Trinajstić information content (AvgIpc) is 2.38. The molecule has 2 aromatic rings. The highest BCUT2D eigenvalue weighted by molar-refractivity contribution is 5.91. The summed E-state index contributed by atoms with van der Waals surface area (Å²) in [5.41, 5.74) is 0.709. The number of carbonyl (C=O) groups is 1. The third-order valence-corrected chi connectivity index (χ3v) is 2.70. The first-order valence-electron chi connectivity index (χ1n) is 5.82. The van der Waals surface area contributed by atoms with Gasteiger partial charge < -0.3 is 15.0 Å². The van der Waals surface area contributed by atoms with Crippen LogP contribution in [0.25, 0.3) is 0 Å². The van der Waals surface area contributed by atoms with Gasteiger partial charge in [-0.2, -0.15) is 0 Å². The molecule has 5 nitrogen and oxygen atoms in total. The van der Waals surface area contributed by atoms with Gasteiger partial charge in [0.2, 0.25) is 5.91 Å². The van der Waals surface area contributed by atoms with Crippen LogP contribution in [-0.2, 0) is 11.3 Å². The number of phenolic OH excluding ortho intramolecular Hbond substituents is 1. The van der Waals surface area contributed by atoms with Crippen molar-refractivity contribution in [3.05, 3.63) is 58.5 Å². The molecule has 0 spiro atoms. The van der Waals surface area contributed by atoms with E-state index in [4.69, 9.17) is 0 Å².